The Morgan fingerprint density at radius 3 is 2.36 bits per heavy atom. The molecule has 146 valence electrons. The van der Waals surface area contributed by atoms with Gasteiger partial charge >= 0.3 is 0 Å². The van der Waals surface area contributed by atoms with Gasteiger partial charge in [-0.3, -0.25) is 5.01 Å². The molecule has 0 amide bonds. The van der Waals surface area contributed by atoms with E-state index in [1.54, 1.807) is 7.11 Å². The van der Waals surface area contributed by atoms with Crippen molar-refractivity contribution < 1.29 is 9.16 Å². The first-order chi connectivity index (χ1) is 11.7. The van der Waals surface area contributed by atoms with E-state index in [-0.39, 0.29) is 0 Å². The van der Waals surface area contributed by atoms with Crippen molar-refractivity contribution in [2.45, 2.75) is 83.5 Å². The number of nitrogens with zero attached hydrogens (tertiary/aromatic N) is 2. The summed E-state index contributed by atoms with van der Waals surface area (Å²) in [5.74, 6) is 1.39. The Morgan fingerprint density at radius 2 is 1.76 bits per heavy atom. The smallest absolute Gasteiger partial charge is 0.191 e. The Bertz CT molecular complexity index is 426. The van der Waals surface area contributed by atoms with Gasteiger partial charge in [0, 0.05) is 26.5 Å². The van der Waals surface area contributed by atoms with E-state index < -0.39 is 8.32 Å². The van der Waals surface area contributed by atoms with E-state index in [1.807, 2.05) is 0 Å². The number of ether oxygens (including phenoxy) is 1. The van der Waals surface area contributed by atoms with Crippen LogP contribution in [0.15, 0.2) is 5.10 Å². The molecule has 0 unspecified atom stereocenters. The minimum absolute atomic E-state index is 0.311. The maximum Gasteiger partial charge on any atom is 0.191 e. The molecule has 2 aliphatic rings. The Morgan fingerprint density at radius 1 is 1.08 bits per heavy atom. The van der Waals surface area contributed by atoms with Crippen LogP contribution < -0.4 is 0 Å². The first kappa shape index (κ1) is 20.9. The van der Waals surface area contributed by atoms with Crippen molar-refractivity contribution >= 4 is 14.5 Å². The van der Waals surface area contributed by atoms with E-state index in [1.165, 1.54) is 38.5 Å². The van der Waals surface area contributed by atoms with Crippen LogP contribution in [-0.2, 0) is 9.16 Å². The van der Waals surface area contributed by atoms with Gasteiger partial charge in [0.05, 0.1) is 12.6 Å². The molecule has 2 rings (SSSR count). The van der Waals surface area contributed by atoms with E-state index in [9.17, 15) is 0 Å². The molecule has 1 aliphatic carbocycles. The molecule has 1 heterocycles. The van der Waals surface area contributed by atoms with Crippen LogP contribution in [0.25, 0.3) is 0 Å². The van der Waals surface area contributed by atoms with Crippen LogP contribution in [-0.4, -0.2) is 52.5 Å². The molecule has 1 saturated carbocycles. The topological polar surface area (TPSA) is 34.1 Å². The van der Waals surface area contributed by atoms with Crippen molar-refractivity contribution in [3.63, 3.8) is 0 Å². The van der Waals surface area contributed by atoms with Crippen LogP contribution in [0.1, 0.15) is 59.3 Å². The fourth-order valence-electron chi connectivity index (χ4n) is 3.56. The van der Waals surface area contributed by atoms with Gasteiger partial charge in [0.15, 0.2) is 8.32 Å². The Kier molecular flexibility index (Phi) is 7.53. The van der Waals surface area contributed by atoms with Crippen LogP contribution in [0, 0.1) is 11.8 Å². The van der Waals surface area contributed by atoms with Gasteiger partial charge in [0.2, 0.25) is 0 Å². The molecule has 0 spiro atoms. The van der Waals surface area contributed by atoms with Crippen LogP contribution in [0.3, 0.4) is 0 Å². The van der Waals surface area contributed by atoms with E-state index in [2.05, 4.69) is 45.1 Å². The quantitative estimate of drug-likeness (QED) is 0.473. The summed E-state index contributed by atoms with van der Waals surface area (Å²) in [4.78, 5) is 0. The van der Waals surface area contributed by atoms with Gasteiger partial charge in [0.1, 0.15) is 0 Å². The minimum atomic E-state index is -1.60. The summed E-state index contributed by atoms with van der Waals surface area (Å²) in [6.45, 7) is 14.5. The van der Waals surface area contributed by atoms with Crippen LogP contribution in [0.5, 0.6) is 0 Å². The normalized spacial score (nSPS) is 28.9. The fraction of sp³-hybridized carbons (Fsp3) is 0.950. The van der Waals surface area contributed by atoms with Crippen LogP contribution in [0.4, 0.5) is 0 Å². The molecule has 1 atom stereocenters. The standard InChI is InChI=1S/C20H40N2O2Si/c1-20(2,3)25(5,6)24-15-18-11-9-17(10-12-18)14-21-22-13-7-8-19(22)16-23-4/h14,17-19H,7-13,15-16H2,1-6H3/b21-14+/t17?,18?,19-/m1/s1. The van der Waals surface area contributed by atoms with Gasteiger partial charge in [0.25, 0.3) is 0 Å². The van der Waals surface area contributed by atoms with Crippen LogP contribution >= 0.6 is 0 Å². The summed E-state index contributed by atoms with van der Waals surface area (Å²) in [7, 11) is 0.186. The van der Waals surface area contributed by atoms with Gasteiger partial charge in [-0.05, 0) is 68.5 Å². The van der Waals surface area contributed by atoms with Gasteiger partial charge in [-0.2, -0.15) is 5.10 Å². The maximum atomic E-state index is 6.43. The van der Waals surface area contributed by atoms with Gasteiger partial charge in [-0.15, -0.1) is 0 Å². The second-order valence-electron chi connectivity index (χ2n) is 9.53. The molecule has 0 N–H and O–H groups in total. The summed E-state index contributed by atoms with van der Waals surface area (Å²) in [6, 6.07) is 0.482. The molecule has 0 radical (unpaired) electrons. The highest BCUT2D eigenvalue weighted by Gasteiger charge is 2.37. The lowest BCUT2D eigenvalue weighted by Gasteiger charge is -2.38. The number of methoxy groups -OCH3 is 1. The number of rotatable bonds is 7. The summed E-state index contributed by atoms with van der Waals surface area (Å²) < 4.78 is 11.7. The lowest BCUT2D eigenvalue weighted by Crippen LogP contribution is -2.42. The summed E-state index contributed by atoms with van der Waals surface area (Å²) in [5.41, 5.74) is 0. The highest BCUT2D eigenvalue weighted by molar-refractivity contribution is 6.74. The van der Waals surface area contributed by atoms with Crippen molar-refractivity contribution in [1.29, 1.82) is 0 Å². The highest BCUT2D eigenvalue weighted by Crippen LogP contribution is 2.38. The summed E-state index contributed by atoms with van der Waals surface area (Å²) in [6.07, 6.45) is 9.76. The van der Waals surface area contributed by atoms with Crippen molar-refractivity contribution in [2.24, 2.45) is 16.9 Å². The van der Waals surface area contributed by atoms with Gasteiger partial charge in [-0.25, -0.2) is 0 Å². The average Bonchev–Trinajstić information content (AvgIpc) is 2.98. The second-order valence-corrected chi connectivity index (χ2v) is 14.3. The molecule has 0 bridgehead atoms. The molecule has 1 saturated heterocycles. The maximum absolute atomic E-state index is 6.43. The van der Waals surface area contributed by atoms with E-state index in [4.69, 9.17) is 14.3 Å². The molecule has 4 nitrogen and oxygen atoms in total. The first-order valence-corrected chi connectivity index (χ1v) is 13.1. The molecule has 2 fully saturated rings. The fourth-order valence-corrected chi connectivity index (χ4v) is 4.65. The van der Waals surface area contributed by atoms with Gasteiger partial charge in [-0.1, -0.05) is 20.8 Å². The summed E-state index contributed by atoms with van der Waals surface area (Å²) in [5, 5.41) is 7.35. The monoisotopic (exact) mass is 368 g/mol. The zero-order chi connectivity index (χ0) is 18.5. The first-order valence-electron chi connectivity index (χ1n) is 10.2. The third-order valence-electron chi connectivity index (χ3n) is 6.51. The molecule has 5 heteroatoms. The van der Waals surface area contributed by atoms with E-state index in [0.29, 0.717) is 17.0 Å². The molecular formula is C20H40N2O2Si. The largest absolute Gasteiger partial charge is 0.417 e. The Hall–Kier alpha value is -0.393. The van der Waals surface area contributed by atoms with Crippen molar-refractivity contribution in [1.82, 2.24) is 5.01 Å². The SMILES string of the molecule is COC[C@H]1CCCN1/N=C/C1CCC(CO[Si](C)(C)C(C)(C)C)CC1. The Balaban J connectivity index is 1.72. The Labute approximate surface area is 156 Å². The van der Waals surface area contributed by atoms with Crippen molar-refractivity contribution in [2.75, 3.05) is 26.9 Å². The molecule has 1 aliphatic heterocycles. The molecule has 0 aromatic carbocycles. The third kappa shape index (κ3) is 6.07. The summed E-state index contributed by atoms with van der Waals surface area (Å²) >= 11 is 0. The van der Waals surface area contributed by atoms with E-state index >= 15 is 0 Å². The van der Waals surface area contributed by atoms with E-state index in [0.717, 1.165) is 25.7 Å². The zero-order valence-corrected chi connectivity index (χ0v) is 18.4. The number of hydrogen-bond acceptors (Lipinski definition) is 4. The van der Waals surface area contributed by atoms with Crippen molar-refractivity contribution in [3.8, 4) is 0 Å². The molecular weight excluding hydrogens is 328 g/mol. The molecule has 0 aromatic rings. The highest BCUT2D eigenvalue weighted by atomic mass is 28.4. The van der Waals surface area contributed by atoms with Gasteiger partial charge < -0.3 is 9.16 Å². The predicted octanol–water partition coefficient (Wildman–Crippen LogP) is 4.91. The molecule has 25 heavy (non-hydrogen) atoms. The van der Waals surface area contributed by atoms with Crippen LogP contribution in [0.2, 0.25) is 18.1 Å². The number of hydrazone groups is 1. The second kappa shape index (κ2) is 9.00. The number of hydrogen-bond donors (Lipinski definition) is 0. The lowest BCUT2D eigenvalue weighted by molar-refractivity contribution is 0.117. The van der Waals surface area contributed by atoms with Crippen molar-refractivity contribution in [3.05, 3.63) is 0 Å². The predicted molar refractivity (Wildman–Crippen MR) is 109 cm³/mol. The molecule has 0 aromatic heterocycles. The minimum Gasteiger partial charge on any atom is -0.417 e. The lowest BCUT2D eigenvalue weighted by atomic mass is 9.83. The average molecular weight is 369 g/mol. The third-order valence-corrected chi connectivity index (χ3v) is 11.0. The zero-order valence-electron chi connectivity index (χ0n) is 17.4.